The number of carbonyl (C=O) groups excluding carboxylic acids is 2. The molecule has 0 radical (unpaired) electrons. The van der Waals surface area contributed by atoms with E-state index in [1.54, 1.807) is 60.7 Å². The predicted octanol–water partition coefficient (Wildman–Crippen LogP) is 4.79. The van der Waals surface area contributed by atoms with Crippen LogP contribution in [0.15, 0.2) is 82.8 Å². The van der Waals surface area contributed by atoms with E-state index in [0.717, 1.165) is 4.47 Å². The van der Waals surface area contributed by atoms with Gasteiger partial charge in [0.1, 0.15) is 5.76 Å². The third-order valence-electron chi connectivity index (χ3n) is 5.10. The molecule has 1 heterocycles. The van der Waals surface area contributed by atoms with Crippen molar-refractivity contribution in [3.8, 4) is 11.5 Å². The Hall–Kier alpha value is -3.58. The minimum Gasteiger partial charge on any atom is -0.507 e. The van der Waals surface area contributed by atoms with Crippen LogP contribution < -0.4 is 9.64 Å². The number of anilines is 1. The van der Waals surface area contributed by atoms with E-state index in [1.807, 2.05) is 6.07 Å². The number of aliphatic hydroxyl groups excluding tert-OH is 1. The molecule has 3 aromatic rings. The van der Waals surface area contributed by atoms with Gasteiger partial charge in [-0.2, -0.15) is 0 Å². The average Bonchev–Trinajstić information content (AvgIpc) is 3.05. The number of aliphatic hydroxyl groups is 1. The van der Waals surface area contributed by atoms with Crippen molar-refractivity contribution < 1.29 is 24.5 Å². The van der Waals surface area contributed by atoms with Crippen LogP contribution in [-0.2, 0) is 9.59 Å². The molecule has 1 fully saturated rings. The van der Waals surface area contributed by atoms with Crippen molar-refractivity contribution in [1.29, 1.82) is 0 Å². The normalized spacial score (nSPS) is 17.7. The number of aromatic hydroxyl groups is 1. The second-order valence-electron chi connectivity index (χ2n) is 6.95. The lowest BCUT2D eigenvalue weighted by molar-refractivity contribution is -0.132. The summed E-state index contributed by atoms with van der Waals surface area (Å²) in [4.78, 5) is 27.5. The molecule has 0 unspecified atom stereocenters. The zero-order chi connectivity index (χ0) is 22.1. The van der Waals surface area contributed by atoms with Gasteiger partial charge >= 0.3 is 0 Å². The first-order valence-corrected chi connectivity index (χ1v) is 10.2. The zero-order valence-electron chi connectivity index (χ0n) is 16.4. The van der Waals surface area contributed by atoms with E-state index in [-0.39, 0.29) is 22.8 Å². The van der Waals surface area contributed by atoms with Crippen LogP contribution in [0.4, 0.5) is 5.69 Å². The topological polar surface area (TPSA) is 87.1 Å². The molecule has 1 aliphatic heterocycles. The number of methoxy groups -OCH3 is 1. The number of hydrogen-bond acceptors (Lipinski definition) is 5. The van der Waals surface area contributed by atoms with E-state index in [0.29, 0.717) is 16.8 Å². The fourth-order valence-electron chi connectivity index (χ4n) is 3.66. The van der Waals surface area contributed by atoms with Crippen molar-refractivity contribution in [2.24, 2.45) is 0 Å². The molecule has 1 atom stereocenters. The van der Waals surface area contributed by atoms with Gasteiger partial charge in [0.15, 0.2) is 11.5 Å². The second-order valence-corrected chi connectivity index (χ2v) is 7.86. The maximum Gasteiger partial charge on any atom is 0.300 e. The van der Waals surface area contributed by atoms with Crippen LogP contribution >= 0.6 is 15.9 Å². The average molecular weight is 480 g/mol. The quantitative estimate of drug-likeness (QED) is 0.319. The van der Waals surface area contributed by atoms with Gasteiger partial charge in [0.05, 0.1) is 18.7 Å². The monoisotopic (exact) mass is 479 g/mol. The van der Waals surface area contributed by atoms with Crippen molar-refractivity contribution >= 4 is 39.1 Å². The minimum atomic E-state index is -0.913. The fraction of sp³-hybridized carbons (Fsp3) is 0.0833. The molecule has 0 spiro atoms. The van der Waals surface area contributed by atoms with Gasteiger partial charge in [-0.25, -0.2) is 0 Å². The van der Waals surface area contributed by atoms with Gasteiger partial charge in [-0.05, 0) is 35.9 Å². The summed E-state index contributed by atoms with van der Waals surface area (Å²) in [6.45, 7) is 0. The number of rotatable bonds is 4. The van der Waals surface area contributed by atoms with Crippen molar-refractivity contribution in [2.75, 3.05) is 12.0 Å². The van der Waals surface area contributed by atoms with E-state index in [4.69, 9.17) is 4.74 Å². The van der Waals surface area contributed by atoms with Gasteiger partial charge in [0.25, 0.3) is 11.7 Å². The number of hydrogen-bond donors (Lipinski definition) is 2. The Bertz CT molecular complexity index is 1210. The molecule has 2 N–H and O–H groups in total. The molecule has 156 valence electrons. The standard InChI is InChI=1S/C24H18BrNO5/c1-31-19-12-15(10-11-18(19)27)21-20(22(28)14-6-3-2-4-7-14)23(29)24(30)26(21)17-9-5-8-16(25)13-17/h2-13,21,27-28H,1H3/t21-/m1/s1. The number of phenolic OH excluding ortho intramolecular Hbond substituents is 1. The van der Waals surface area contributed by atoms with Gasteiger partial charge in [-0.1, -0.05) is 58.4 Å². The van der Waals surface area contributed by atoms with Crippen molar-refractivity contribution in [3.63, 3.8) is 0 Å². The summed E-state index contributed by atoms with van der Waals surface area (Å²) in [6.07, 6.45) is 0. The lowest BCUT2D eigenvalue weighted by atomic mass is 9.95. The van der Waals surface area contributed by atoms with Crippen LogP contribution in [0.1, 0.15) is 17.2 Å². The molecule has 0 aromatic heterocycles. The Labute approximate surface area is 187 Å². The number of amides is 1. The predicted molar refractivity (Wildman–Crippen MR) is 120 cm³/mol. The number of ketones is 1. The third kappa shape index (κ3) is 3.68. The Morgan fingerprint density at radius 3 is 2.42 bits per heavy atom. The molecule has 6 nitrogen and oxygen atoms in total. The van der Waals surface area contributed by atoms with Gasteiger partial charge in [0, 0.05) is 15.7 Å². The van der Waals surface area contributed by atoms with Crippen LogP contribution in [0.2, 0.25) is 0 Å². The van der Waals surface area contributed by atoms with Gasteiger partial charge < -0.3 is 14.9 Å². The first-order valence-electron chi connectivity index (χ1n) is 9.41. The highest BCUT2D eigenvalue weighted by Crippen LogP contribution is 2.44. The first kappa shape index (κ1) is 20.7. The Kier molecular flexibility index (Phi) is 5.52. The number of halogens is 1. The van der Waals surface area contributed by atoms with Crippen LogP contribution in [0.25, 0.3) is 5.76 Å². The Morgan fingerprint density at radius 1 is 1.00 bits per heavy atom. The Balaban J connectivity index is 1.98. The molecule has 0 bridgehead atoms. The maximum atomic E-state index is 13.1. The van der Waals surface area contributed by atoms with Gasteiger partial charge in [-0.3, -0.25) is 14.5 Å². The fourth-order valence-corrected chi connectivity index (χ4v) is 4.04. The zero-order valence-corrected chi connectivity index (χ0v) is 18.0. The SMILES string of the molecule is COc1cc([C@@H]2C(=C(O)c3ccccc3)C(=O)C(=O)N2c2cccc(Br)c2)ccc1O. The first-order chi connectivity index (χ1) is 14.9. The number of benzene rings is 3. The molecule has 0 aliphatic carbocycles. The lowest BCUT2D eigenvalue weighted by Crippen LogP contribution is -2.29. The van der Waals surface area contributed by atoms with Gasteiger partial charge in [-0.15, -0.1) is 0 Å². The van der Waals surface area contributed by atoms with Crippen LogP contribution in [0, 0.1) is 0 Å². The number of carbonyl (C=O) groups is 2. The molecule has 1 saturated heterocycles. The van der Waals surface area contributed by atoms with Crippen molar-refractivity contribution in [1.82, 2.24) is 0 Å². The van der Waals surface area contributed by atoms with Crippen molar-refractivity contribution in [2.45, 2.75) is 6.04 Å². The number of ether oxygens (including phenoxy) is 1. The highest BCUT2D eigenvalue weighted by atomic mass is 79.9. The van der Waals surface area contributed by atoms with E-state index in [2.05, 4.69) is 15.9 Å². The molecular weight excluding hydrogens is 462 g/mol. The Morgan fingerprint density at radius 2 is 1.74 bits per heavy atom. The van der Waals surface area contributed by atoms with Crippen LogP contribution in [0.5, 0.6) is 11.5 Å². The van der Waals surface area contributed by atoms with Gasteiger partial charge in [0.2, 0.25) is 0 Å². The maximum absolute atomic E-state index is 13.1. The number of nitrogens with zero attached hydrogens (tertiary/aromatic N) is 1. The summed E-state index contributed by atoms with van der Waals surface area (Å²) in [5, 5.41) is 21.0. The molecule has 3 aromatic carbocycles. The summed E-state index contributed by atoms with van der Waals surface area (Å²) in [5.74, 6) is -1.70. The summed E-state index contributed by atoms with van der Waals surface area (Å²) in [7, 11) is 1.41. The summed E-state index contributed by atoms with van der Waals surface area (Å²) in [5.41, 5.74) is 1.38. The highest BCUT2D eigenvalue weighted by Gasteiger charge is 2.47. The summed E-state index contributed by atoms with van der Waals surface area (Å²) >= 11 is 3.40. The van der Waals surface area contributed by atoms with Crippen molar-refractivity contribution in [3.05, 3.63) is 94.0 Å². The molecule has 31 heavy (non-hydrogen) atoms. The van der Waals surface area contributed by atoms with Crippen LogP contribution in [0.3, 0.4) is 0 Å². The number of phenols is 1. The summed E-state index contributed by atoms with van der Waals surface area (Å²) < 4.78 is 5.95. The van der Waals surface area contributed by atoms with Crippen LogP contribution in [-0.4, -0.2) is 29.0 Å². The molecule has 1 aliphatic rings. The minimum absolute atomic E-state index is 0.0380. The molecule has 4 rings (SSSR count). The van der Waals surface area contributed by atoms with E-state index >= 15 is 0 Å². The smallest absolute Gasteiger partial charge is 0.300 e. The number of Topliss-reactive ketones (excluding diaryl/α,β-unsaturated/α-hetero) is 1. The molecule has 1 amide bonds. The van der Waals surface area contributed by atoms with E-state index < -0.39 is 17.7 Å². The third-order valence-corrected chi connectivity index (χ3v) is 5.59. The molecule has 7 heteroatoms. The lowest BCUT2D eigenvalue weighted by Gasteiger charge is -2.26. The molecular formula is C24H18BrNO5. The van der Waals surface area contributed by atoms with E-state index in [1.165, 1.54) is 18.1 Å². The largest absolute Gasteiger partial charge is 0.507 e. The summed E-state index contributed by atoms with van der Waals surface area (Å²) in [6, 6.07) is 19.2. The van der Waals surface area contributed by atoms with E-state index in [9.17, 15) is 19.8 Å². The molecule has 0 saturated carbocycles. The second kappa shape index (κ2) is 8.28. The highest BCUT2D eigenvalue weighted by molar-refractivity contribution is 9.10.